The fourth-order valence-electron chi connectivity index (χ4n) is 3.54. The van der Waals surface area contributed by atoms with Gasteiger partial charge in [0, 0.05) is 41.9 Å². The highest BCUT2D eigenvalue weighted by molar-refractivity contribution is 5.90. The molecule has 0 saturated heterocycles. The Hall–Kier alpha value is -2.95. The molecule has 1 heterocycles. The van der Waals surface area contributed by atoms with Crippen LogP contribution in [0, 0.1) is 0 Å². The second-order valence-electron chi connectivity index (χ2n) is 7.23. The zero-order valence-electron chi connectivity index (χ0n) is 17.8. The predicted molar refractivity (Wildman–Crippen MR) is 120 cm³/mol. The summed E-state index contributed by atoms with van der Waals surface area (Å²) in [6, 6.07) is 15.9. The Morgan fingerprint density at radius 2 is 1.83 bits per heavy atom. The number of rotatable bonds is 8. The third-order valence-corrected chi connectivity index (χ3v) is 5.35. The van der Waals surface area contributed by atoms with Crippen LogP contribution in [0.25, 0.3) is 10.9 Å². The second-order valence-corrected chi connectivity index (χ2v) is 7.23. The summed E-state index contributed by atoms with van der Waals surface area (Å²) in [5, 5.41) is 4.25. The van der Waals surface area contributed by atoms with Gasteiger partial charge in [0.05, 0.1) is 6.61 Å². The number of fused-ring (bicyclic) bond motifs is 1. The van der Waals surface area contributed by atoms with E-state index in [4.69, 9.17) is 4.74 Å². The van der Waals surface area contributed by atoms with Crippen LogP contribution >= 0.6 is 0 Å². The zero-order valence-corrected chi connectivity index (χ0v) is 17.8. The molecular weight excluding hydrogens is 362 g/mol. The van der Waals surface area contributed by atoms with Gasteiger partial charge in [0.2, 0.25) is 0 Å². The maximum absolute atomic E-state index is 13.1. The first-order valence-electron chi connectivity index (χ1n) is 10.4. The van der Waals surface area contributed by atoms with Gasteiger partial charge in [0.25, 0.3) is 0 Å². The minimum atomic E-state index is -0.0863. The van der Waals surface area contributed by atoms with Crippen LogP contribution in [-0.2, 0) is 13.1 Å². The molecule has 3 rings (SSSR count). The van der Waals surface area contributed by atoms with Crippen LogP contribution in [0.2, 0.25) is 0 Å². The molecule has 0 aliphatic rings. The zero-order chi connectivity index (χ0) is 20.8. The average Bonchev–Trinajstić information content (AvgIpc) is 3.10. The molecule has 0 aliphatic carbocycles. The molecule has 154 valence electrons. The maximum atomic E-state index is 13.1. The smallest absolute Gasteiger partial charge is 0.322 e. The van der Waals surface area contributed by atoms with E-state index in [0.29, 0.717) is 13.2 Å². The molecule has 0 aliphatic heterocycles. The molecule has 1 N–H and O–H groups in total. The van der Waals surface area contributed by atoms with Gasteiger partial charge in [-0.05, 0) is 63.1 Å². The van der Waals surface area contributed by atoms with E-state index in [2.05, 4.69) is 61.1 Å². The summed E-state index contributed by atoms with van der Waals surface area (Å²) in [6.07, 6.45) is 3.06. The van der Waals surface area contributed by atoms with Gasteiger partial charge in [-0.25, -0.2) is 4.79 Å². The van der Waals surface area contributed by atoms with Gasteiger partial charge in [0.1, 0.15) is 5.75 Å². The Morgan fingerprint density at radius 1 is 1.10 bits per heavy atom. The van der Waals surface area contributed by atoms with Crippen LogP contribution in [0.4, 0.5) is 10.5 Å². The van der Waals surface area contributed by atoms with Crippen LogP contribution < -0.4 is 10.1 Å². The number of carbonyl (C=O) groups excluding carboxylic acids is 1. The largest absolute Gasteiger partial charge is 0.494 e. The third kappa shape index (κ3) is 4.73. The molecule has 0 radical (unpaired) electrons. The van der Waals surface area contributed by atoms with Gasteiger partial charge in [-0.3, -0.25) is 0 Å². The highest BCUT2D eigenvalue weighted by Crippen LogP contribution is 2.24. The molecule has 2 aromatic carbocycles. The molecule has 3 aromatic rings. The number of anilines is 1. The lowest BCUT2D eigenvalue weighted by atomic mass is 10.1. The summed E-state index contributed by atoms with van der Waals surface area (Å²) in [5.41, 5.74) is 3.15. The molecule has 29 heavy (non-hydrogen) atoms. The van der Waals surface area contributed by atoms with Crippen LogP contribution in [0.1, 0.15) is 39.7 Å². The lowest BCUT2D eigenvalue weighted by molar-refractivity contribution is 0.187. The molecule has 0 saturated carbocycles. The number of hydrogen-bond acceptors (Lipinski definition) is 2. The fraction of sp³-hybridized carbons (Fsp3) is 0.375. The van der Waals surface area contributed by atoms with Gasteiger partial charge in [0.15, 0.2) is 0 Å². The number of para-hydroxylation sites is 1. The molecule has 0 unspecified atom stereocenters. The van der Waals surface area contributed by atoms with Crippen molar-refractivity contribution in [2.24, 2.45) is 0 Å². The van der Waals surface area contributed by atoms with E-state index in [-0.39, 0.29) is 12.1 Å². The fourth-order valence-corrected chi connectivity index (χ4v) is 3.54. The third-order valence-electron chi connectivity index (χ3n) is 5.35. The quantitative estimate of drug-likeness (QED) is 0.518. The molecule has 5 heteroatoms. The summed E-state index contributed by atoms with van der Waals surface area (Å²) < 4.78 is 7.72. The van der Waals surface area contributed by atoms with Crippen molar-refractivity contribution in [1.82, 2.24) is 9.47 Å². The minimum Gasteiger partial charge on any atom is -0.494 e. The number of amides is 2. The summed E-state index contributed by atoms with van der Waals surface area (Å²) in [6.45, 7) is 10.4. The molecule has 0 spiro atoms. The lowest BCUT2D eigenvalue weighted by Gasteiger charge is -2.28. The van der Waals surface area contributed by atoms with Crippen molar-refractivity contribution in [3.63, 3.8) is 0 Å². The number of carbonyl (C=O) groups is 1. The van der Waals surface area contributed by atoms with E-state index in [9.17, 15) is 4.79 Å². The predicted octanol–water partition coefficient (Wildman–Crippen LogP) is 5.89. The average molecular weight is 394 g/mol. The number of nitrogens with zero attached hydrogens (tertiary/aromatic N) is 2. The van der Waals surface area contributed by atoms with Gasteiger partial charge in [-0.1, -0.05) is 25.1 Å². The molecule has 2 amide bonds. The van der Waals surface area contributed by atoms with Crippen molar-refractivity contribution in [3.05, 3.63) is 60.3 Å². The summed E-state index contributed by atoms with van der Waals surface area (Å²) in [5.74, 6) is 0.802. The number of ether oxygens (including phenoxy) is 1. The van der Waals surface area contributed by atoms with Gasteiger partial charge in [-0.2, -0.15) is 0 Å². The highest BCUT2D eigenvalue weighted by atomic mass is 16.5. The van der Waals surface area contributed by atoms with Gasteiger partial charge < -0.3 is 19.5 Å². The van der Waals surface area contributed by atoms with Crippen LogP contribution in [0.3, 0.4) is 0 Å². The summed E-state index contributed by atoms with van der Waals surface area (Å²) in [4.78, 5) is 15.0. The standard InChI is InChI=1S/C24H31N3O2/c1-5-18(4)27(24(28)25-20-12-14-21(15-13-20)29-7-3)17-19-16-26(6-2)23-11-9-8-10-22(19)23/h8-16,18H,5-7,17H2,1-4H3,(H,25,28)/t18-/m0/s1. The van der Waals surface area contributed by atoms with Crippen molar-refractivity contribution >= 4 is 22.6 Å². The van der Waals surface area contributed by atoms with Crippen LogP contribution in [0.15, 0.2) is 54.7 Å². The number of hydrogen-bond donors (Lipinski definition) is 1. The lowest BCUT2D eigenvalue weighted by Crippen LogP contribution is -2.40. The highest BCUT2D eigenvalue weighted by Gasteiger charge is 2.21. The topological polar surface area (TPSA) is 46.5 Å². The van der Waals surface area contributed by atoms with E-state index in [1.165, 1.54) is 16.5 Å². The van der Waals surface area contributed by atoms with Crippen molar-refractivity contribution in [3.8, 4) is 5.75 Å². The summed E-state index contributed by atoms with van der Waals surface area (Å²) >= 11 is 0. The Bertz CT molecular complexity index is 946. The van der Waals surface area contributed by atoms with Crippen molar-refractivity contribution in [1.29, 1.82) is 0 Å². The summed E-state index contributed by atoms with van der Waals surface area (Å²) in [7, 11) is 0. The molecule has 1 aromatic heterocycles. The van der Waals surface area contributed by atoms with Crippen molar-refractivity contribution < 1.29 is 9.53 Å². The Morgan fingerprint density at radius 3 is 2.48 bits per heavy atom. The normalized spacial score (nSPS) is 12.0. The van der Waals surface area contributed by atoms with Crippen molar-refractivity contribution in [2.45, 2.75) is 53.2 Å². The molecular formula is C24H31N3O2. The van der Waals surface area contributed by atoms with E-state index in [0.717, 1.165) is 24.4 Å². The SMILES string of the molecule is CCOc1ccc(NC(=O)N(Cc2cn(CC)c3ccccc23)[C@@H](C)CC)cc1. The Labute approximate surface area is 173 Å². The van der Waals surface area contributed by atoms with E-state index < -0.39 is 0 Å². The molecule has 0 fully saturated rings. The second kappa shape index (κ2) is 9.50. The van der Waals surface area contributed by atoms with Crippen LogP contribution in [-0.4, -0.2) is 28.1 Å². The van der Waals surface area contributed by atoms with E-state index >= 15 is 0 Å². The number of urea groups is 1. The molecule has 1 atom stereocenters. The molecule has 0 bridgehead atoms. The van der Waals surface area contributed by atoms with Gasteiger partial charge in [-0.15, -0.1) is 0 Å². The van der Waals surface area contributed by atoms with Crippen LogP contribution in [0.5, 0.6) is 5.75 Å². The first-order chi connectivity index (χ1) is 14.1. The number of nitrogens with one attached hydrogen (secondary N) is 1. The maximum Gasteiger partial charge on any atom is 0.322 e. The number of benzene rings is 2. The monoisotopic (exact) mass is 393 g/mol. The Kier molecular flexibility index (Phi) is 6.81. The first kappa shape index (κ1) is 20.8. The number of aromatic nitrogens is 1. The van der Waals surface area contributed by atoms with Crippen molar-refractivity contribution in [2.75, 3.05) is 11.9 Å². The molecule has 5 nitrogen and oxygen atoms in total. The van der Waals surface area contributed by atoms with Gasteiger partial charge >= 0.3 is 6.03 Å². The van der Waals surface area contributed by atoms with E-state index in [1.54, 1.807) is 0 Å². The first-order valence-corrected chi connectivity index (χ1v) is 10.4. The number of aryl methyl sites for hydroxylation is 1. The minimum absolute atomic E-state index is 0.0863. The Balaban J connectivity index is 1.82. The van der Waals surface area contributed by atoms with E-state index in [1.807, 2.05) is 36.1 Å².